The number of rotatable bonds is 4. The Labute approximate surface area is 134 Å². The SMILES string of the molecule is CCCCNC(=O)N1CCN(c2ccccc2C(F)(F)F)CC1. The van der Waals surface area contributed by atoms with Gasteiger partial charge in [-0.2, -0.15) is 13.2 Å². The molecule has 0 aliphatic carbocycles. The van der Waals surface area contributed by atoms with E-state index in [2.05, 4.69) is 5.32 Å². The van der Waals surface area contributed by atoms with Crippen molar-refractivity contribution < 1.29 is 18.0 Å². The van der Waals surface area contributed by atoms with Crippen LogP contribution >= 0.6 is 0 Å². The molecule has 0 saturated carbocycles. The quantitative estimate of drug-likeness (QED) is 0.860. The Bertz CT molecular complexity index is 526. The van der Waals surface area contributed by atoms with Crippen molar-refractivity contribution in [3.63, 3.8) is 0 Å². The van der Waals surface area contributed by atoms with Crippen LogP contribution in [0.5, 0.6) is 0 Å². The Morgan fingerprint density at radius 3 is 2.43 bits per heavy atom. The number of carbonyl (C=O) groups is 1. The van der Waals surface area contributed by atoms with Gasteiger partial charge in [-0.25, -0.2) is 4.79 Å². The molecule has 1 aromatic carbocycles. The minimum absolute atomic E-state index is 0.137. The minimum atomic E-state index is -4.37. The molecule has 1 heterocycles. The first-order valence-corrected chi connectivity index (χ1v) is 7.87. The van der Waals surface area contributed by atoms with E-state index >= 15 is 0 Å². The molecule has 7 heteroatoms. The van der Waals surface area contributed by atoms with Crippen LogP contribution < -0.4 is 10.2 Å². The van der Waals surface area contributed by atoms with Crippen molar-refractivity contribution in [2.75, 3.05) is 37.6 Å². The third kappa shape index (κ3) is 4.53. The van der Waals surface area contributed by atoms with Crippen molar-refractivity contribution in [2.45, 2.75) is 25.9 Å². The zero-order chi connectivity index (χ0) is 16.9. The smallest absolute Gasteiger partial charge is 0.367 e. The maximum atomic E-state index is 13.1. The molecule has 1 saturated heterocycles. The number of benzene rings is 1. The maximum absolute atomic E-state index is 13.1. The molecule has 1 fully saturated rings. The molecule has 1 aliphatic rings. The summed E-state index contributed by atoms with van der Waals surface area (Å²) in [7, 11) is 0. The number of unbranched alkanes of at least 4 members (excludes halogenated alkanes) is 1. The van der Waals surface area contributed by atoms with E-state index in [0.717, 1.165) is 18.9 Å². The van der Waals surface area contributed by atoms with Gasteiger partial charge in [0.05, 0.1) is 5.56 Å². The first kappa shape index (κ1) is 17.4. The molecule has 0 radical (unpaired) electrons. The highest BCUT2D eigenvalue weighted by atomic mass is 19.4. The lowest BCUT2D eigenvalue weighted by atomic mass is 10.1. The molecule has 1 aromatic rings. The number of alkyl halides is 3. The second-order valence-corrected chi connectivity index (χ2v) is 5.57. The van der Waals surface area contributed by atoms with Gasteiger partial charge in [-0.3, -0.25) is 0 Å². The molecule has 2 amide bonds. The fraction of sp³-hybridized carbons (Fsp3) is 0.562. The van der Waals surface area contributed by atoms with E-state index in [1.54, 1.807) is 15.9 Å². The van der Waals surface area contributed by atoms with E-state index in [1.165, 1.54) is 12.1 Å². The largest absolute Gasteiger partial charge is 0.418 e. The summed E-state index contributed by atoms with van der Waals surface area (Å²) >= 11 is 0. The summed E-state index contributed by atoms with van der Waals surface area (Å²) in [5.74, 6) is 0. The summed E-state index contributed by atoms with van der Waals surface area (Å²) in [6.07, 6.45) is -2.45. The molecular formula is C16H22F3N3O. The number of nitrogens with zero attached hydrogens (tertiary/aromatic N) is 2. The number of carbonyl (C=O) groups excluding carboxylic acids is 1. The highest BCUT2D eigenvalue weighted by Gasteiger charge is 2.35. The Balaban J connectivity index is 1.96. The van der Waals surface area contributed by atoms with Crippen LogP contribution in [-0.2, 0) is 6.18 Å². The molecule has 4 nitrogen and oxygen atoms in total. The predicted molar refractivity (Wildman–Crippen MR) is 83.5 cm³/mol. The number of amides is 2. The minimum Gasteiger partial charge on any atom is -0.367 e. The molecule has 0 spiro atoms. The van der Waals surface area contributed by atoms with Crippen LogP contribution in [0.1, 0.15) is 25.3 Å². The molecule has 0 aromatic heterocycles. The Hall–Kier alpha value is -1.92. The van der Waals surface area contributed by atoms with Crippen molar-refractivity contribution in [1.29, 1.82) is 0 Å². The summed E-state index contributed by atoms with van der Waals surface area (Å²) < 4.78 is 39.2. The topological polar surface area (TPSA) is 35.6 Å². The number of piperazine rings is 1. The van der Waals surface area contributed by atoms with Crippen molar-refractivity contribution in [2.24, 2.45) is 0 Å². The number of anilines is 1. The summed E-state index contributed by atoms with van der Waals surface area (Å²) in [6.45, 7) is 4.31. The molecule has 2 rings (SSSR count). The van der Waals surface area contributed by atoms with Gasteiger partial charge in [0, 0.05) is 38.4 Å². The molecule has 23 heavy (non-hydrogen) atoms. The molecular weight excluding hydrogens is 307 g/mol. The van der Waals surface area contributed by atoms with Gasteiger partial charge in [0.15, 0.2) is 0 Å². The lowest BCUT2D eigenvalue weighted by molar-refractivity contribution is -0.137. The van der Waals surface area contributed by atoms with Crippen LogP contribution in [0.2, 0.25) is 0 Å². The molecule has 128 valence electrons. The second-order valence-electron chi connectivity index (χ2n) is 5.57. The Morgan fingerprint density at radius 2 is 1.83 bits per heavy atom. The van der Waals surface area contributed by atoms with Gasteiger partial charge in [0.25, 0.3) is 0 Å². The fourth-order valence-corrected chi connectivity index (χ4v) is 2.62. The number of hydrogen-bond acceptors (Lipinski definition) is 2. The van der Waals surface area contributed by atoms with E-state index in [9.17, 15) is 18.0 Å². The van der Waals surface area contributed by atoms with Crippen LogP contribution in [0.4, 0.5) is 23.7 Å². The molecule has 0 bridgehead atoms. The number of hydrogen-bond donors (Lipinski definition) is 1. The first-order valence-electron chi connectivity index (χ1n) is 7.87. The van der Waals surface area contributed by atoms with E-state index < -0.39 is 11.7 Å². The zero-order valence-electron chi connectivity index (χ0n) is 13.2. The van der Waals surface area contributed by atoms with E-state index in [1.807, 2.05) is 6.92 Å². The van der Waals surface area contributed by atoms with Crippen LogP contribution in [0.25, 0.3) is 0 Å². The van der Waals surface area contributed by atoms with Gasteiger partial charge in [-0.1, -0.05) is 25.5 Å². The summed E-state index contributed by atoms with van der Waals surface area (Å²) in [5, 5.41) is 2.83. The number of para-hydroxylation sites is 1. The zero-order valence-corrected chi connectivity index (χ0v) is 13.2. The van der Waals surface area contributed by atoms with Crippen molar-refractivity contribution in [3.05, 3.63) is 29.8 Å². The normalized spacial score (nSPS) is 15.7. The van der Waals surface area contributed by atoms with Crippen molar-refractivity contribution in [3.8, 4) is 0 Å². The third-order valence-corrected chi connectivity index (χ3v) is 3.92. The molecule has 1 aliphatic heterocycles. The highest BCUT2D eigenvalue weighted by molar-refractivity contribution is 5.74. The summed E-state index contributed by atoms with van der Waals surface area (Å²) in [5.41, 5.74) is -0.438. The monoisotopic (exact) mass is 329 g/mol. The van der Waals surface area contributed by atoms with Gasteiger partial charge >= 0.3 is 12.2 Å². The van der Waals surface area contributed by atoms with Gasteiger partial charge in [-0.15, -0.1) is 0 Å². The lowest BCUT2D eigenvalue weighted by Gasteiger charge is -2.37. The number of halogens is 3. The van der Waals surface area contributed by atoms with Gasteiger partial charge in [-0.05, 0) is 18.6 Å². The number of nitrogens with one attached hydrogen (secondary N) is 1. The van der Waals surface area contributed by atoms with Gasteiger partial charge in [0.2, 0.25) is 0 Å². The average Bonchev–Trinajstić information content (AvgIpc) is 2.54. The number of urea groups is 1. The van der Waals surface area contributed by atoms with E-state index in [-0.39, 0.29) is 11.7 Å². The molecule has 0 atom stereocenters. The van der Waals surface area contributed by atoms with Crippen LogP contribution in [0.3, 0.4) is 0 Å². The van der Waals surface area contributed by atoms with Crippen LogP contribution in [0.15, 0.2) is 24.3 Å². The standard InChI is InChI=1S/C16H22F3N3O/c1-2-3-8-20-15(23)22-11-9-21(10-12-22)14-7-5-4-6-13(14)16(17,18)19/h4-7H,2-3,8-12H2,1H3,(H,20,23). The first-order chi connectivity index (χ1) is 10.9. The second kappa shape index (κ2) is 7.57. The van der Waals surface area contributed by atoms with Crippen molar-refractivity contribution >= 4 is 11.7 Å². The average molecular weight is 329 g/mol. The van der Waals surface area contributed by atoms with E-state index in [4.69, 9.17) is 0 Å². The third-order valence-electron chi connectivity index (χ3n) is 3.92. The Kier molecular flexibility index (Phi) is 5.74. The van der Waals surface area contributed by atoms with Crippen molar-refractivity contribution in [1.82, 2.24) is 10.2 Å². The molecule has 0 unspecified atom stereocenters. The van der Waals surface area contributed by atoms with Crippen LogP contribution in [0, 0.1) is 0 Å². The fourth-order valence-electron chi connectivity index (χ4n) is 2.62. The predicted octanol–water partition coefficient (Wildman–Crippen LogP) is 3.34. The van der Waals surface area contributed by atoms with Gasteiger partial charge < -0.3 is 15.1 Å². The highest BCUT2D eigenvalue weighted by Crippen LogP contribution is 2.36. The van der Waals surface area contributed by atoms with Crippen LogP contribution in [-0.4, -0.2) is 43.7 Å². The summed E-state index contributed by atoms with van der Waals surface area (Å²) in [6, 6.07) is 5.44. The molecule has 1 N–H and O–H groups in total. The summed E-state index contributed by atoms with van der Waals surface area (Å²) in [4.78, 5) is 15.3. The van der Waals surface area contributed by atoms with E-state index in [0.29, 0.717) is 32.7 Å². The van der Waals surface area contributed by atoms with Gasteiger partial charge in [0.1, 0.15) is 0 Å². The lowest BCUT2D eigenvalue weighted by Crippen LogP contribution is -2.52. The maximum Gasteiger partial charge on any atom is 0.418 e. The Morgan fingerprint density at radius 1 is 1.17 bits per heavy atom.